The highest BCUT2D eigenvalue weighted by Gasteiger charge is 2.15. The molecule has 1 aromatic carbocycles. The Morgan fingerprint density at radius 1 is 1.17 bits per heavy atom. The molecule has 0 spiro atoms. The summed E-state index contributed by atoms with van der Waals surface area (Å²) >= 11 is 0. The van der Waals surface area contributed by atoms with Crippen LogP contribution in [0.4, 0.5) is 23.0 Å². The Labute approximate surface area is 135 Å². The van der Waals surface area contributed by atoms with Gasteiger partial charge in [0.2, 0.25) is 0 Å². The van der Waals surface area contributed by atoms with E-state index in [4.69, 9.17) is 16.3 Å². The van der Waals surface area contributed by atoms with Gasteiger partial charge in [-0.3, -0.25) is 0 Å². The number of rotatable bonds is 5. The number of nitrogen functional groups attached to an aromatic ring is 1. The van der Waals surface area contributed by atoms with Gasteiger partial charge in [0.05, 0.1) is 12.1 Å². The second-order valence-electron chi connectivity index (χ2n) is 5.00. The number of nitrogens with two attached hydrogens (primary N) is 1. The highest BCUT2D eigenvalue weighted by molar-refractivity contribution is 5.79. The van der Waals surface area contributed by atoms with Crippen LogP contribution in [0.15, 0.2) is 24.5 Å². The number of hydrogen-bond donors (Lipinski definition) is 2. The lowest BCUT2D eigenvalue weighted by Crippen LogP contribution is -2.26. The lowest BCUT2D eigenvalue weighted by atomic mass is 10.1. The molecule has 0 atom stereocenters. The third kappa shape index (κ3) is 3.47. The third-order valence-corrected chi connectivity index (χ3v) is 3.54. The minimum Gasteiger partial charge on any atom is -0.393 e. The second kappa shape index (κ2) is 7.10. The van der Waals surface area contributed by atoms with E-state index in [1.54, 1.807) is 0 Å². The predicted molar refractivity (Wildman–Crippen MR) is 89.1 cm³/mol. The molecule has 0 unspecified atom stereocenters. The summed E-state index contributed by atoms with van der Waals surface area (Å²) in [6.07, 6.45) is 1.36. The van der Waals surface area contributed by atoms with Gasteiger partial charge in [0.25, 0.3) is 0 Å². The summed E-state index contributed by atoms with van der Waals surface area (Å²) in [5, 5.41) is 21.0. The SMILES string of the molecule is Cc1cccc(Nc2ncnc(N(CC#N)CC#N)c2N)c1C. The van der Waals surface area contributed by atoms with Crippen molar-refractivity contribution in [2.24, 2.45) is 0 Å². The van der Waals surface area contributed by atoms with Crippen LogP contribution in [0.25, 0.3) is 0 Å². The van der Waals surface area contributed by atoms with Gasteiger partial charge in [-0.25, -0.2) is 9.97 Å². The Kier molecular flexibility index (Phi) is 4.96. The average Bonchev–Trinajstić information content (AvgIpc) is 2.53. The van der Waals surface area contributed by atoms with Gasteiger partial charge in [0, 0.05) is 5.69 Å². The molecule has 0 aliphatic carbocycles. The molecule has 2 rings (SSSR count). The van der Waals surface area contributed by atoms with Crippen molar-refractivity contribution in [2.75, 3.05) is 29.0 Å². The van der Waals surface area contributed by atoms with E-state index >= 15 is 0 Å². The summed E-state index contributed by atoms with van der Waals surface area (Å²) < 4.78 is 0. The van der Waals surface area contributed by atoms with Crippen LogP contribution in [0.3, 0.4) is 0 Å². The summed E-state index contributed by atoms with van der Waals surface area (Å²) in [6, 6.07) is 9.91. The maximum atomic E-state index is 8.89. The fourth-order valence-corrected chi connectivity index (χ4v) is 2.13. The van der Waals surface area contributed by atoms with Crippen molar-refractivity contribution >= 4 is 23.0 Å². The van der Waals surface area contributed by atoms with E-state index in [1.807, 2.05) is 44.2 Å². The zero-order chi connectivity index (χ0) is 16.8. The highest BCUT2D eigenvalue weighted by Crippen LogP contribution is 2.29. The molecule has 0 saturated carbocycles. The quantitative estimate of drug-likeness (QED) is 0.814. The van der Waals surface area contributed by atoms with Gasteiger partial charge in [-0.05, 0) is 31.0 Å². The molecule has 3 N–H and O–H groups in total. The zero-order valence-electron chi connectivity index (χ0n) is 13.0. The molecule has 0 saturated heterocycles. The summed E-state index contributed by atoms with van der Waals surface area (Å²) in [7, 11) is 0. The summed E-state index contributed by atoms with van der Waals surface area (Å²) in [5.41, 5.74) is 9.58. The number of aromatic nitrogens is 2. The Bertz CT molecular complexity index is 770. The van der Waals surface area contributed by atoms with Crippen LogP contribution < -0.4 is 16.0 Å². The topological polar surface area (TPSA) is 115 Å². The largest absolute Gasteiger partial charge is 0.393 e. The molecule has 0 amide bonds. The first-order valence-electron chi connectivity index (χ1n) is 7.01. The lowest BCUT2D eigenvalue weighted by Gasteiger charge is -2.20. The average molecular weight is 307 g/mol. The summed E-state index contributed by atoms with van der Waals surface area (Å²) in [6.45, 7) is 4.08. The zero-order valence-corrected chi connectivity index (χ0v) is 13.0. The second-order valence-corrected chi connectivity index (χ2v) is 5.00. The fourth-order valence-electron chi connectivity index (χ4n) is 2.13. The van der Waals surface area contributed by atoms with Crippen LogP contribution >= 0.6 is 0 Å². The first-order chi connectivity index (χ1) is 11.1. The van der Waals surface area contributed by atoms with Crippen molar-refractivity contribution in [3.8, 4) is 12.1 Å². The molecule has 116 valence electrons. The molecule has 7 heteroatoms. The van der Waals surface area contributed by atoms with Crippen LogP contribution in [0.2, 0.25) is 0 Å². The molecule has 0 fully saturated rings. The molecule has 7 nitrogen and oxygen atoms in total. The lowest BCUT2D eigenvalue weighted by molar-refractivity contribution is 0.929. The first kappa shape index (κ1) is 16.1. The Morgan fingerprint density at radius 3 is 2.52 bits per heavy atom. The molecule has 1 heterocycles. The normalized spacial score (nSPS) is 9.74. The van der Waals surface area contributed by atoms with E-state index in [9.17, 15) is 0 Å². The Morgan fingerprint density at radius 2 is 1.87 bits per heavy atom. The number of nitriles is 2. The fraction of sp³-hybridized carbons (Fsp3) is 0.250. The van der Waals surface area contributed by atoms with Gasteiger partial charge in [0.1, 0.15) is 25.1 Å². The van der Waals surface area contributed by atoms with E-state index in [2.05, 4.69) is 15.3 Å². The molecule has 0 bridgehead atoms. The van der Waals surface area contributed by atoms with Crippen LogP contribution in [0, 0.1) is 36.5 Å². The molecule has 2 aromatic rings. The minimum atomic E-state index is 0.0255. The van der Waals surface area contributed by atoms with Crippen LogP contribution in [0.5, 0.6) is 0 Å². The van der Waals surface area contributed by atoms with Crippen LogP contribution in [-0.2, 0) is 0 Å². The number of benzene rings is 1. The Balaban J connectivity index is 2.38. The van der Waals surface area contributed by atoms with Gasteiger partial charge in [-0.15, -0.1) is 0 Å². The van der Waals surface area contributed by atoms with E-state index in [1.165, 1.54) is 11.2 Å². The standard InChI is InChI=1S/C16H17N7/c1-11-4-3-5-13(12(11)2)22-15-14(19)16(21-10-20-15)23(8-6-17)9-7-18/h3-5,10H,8-9,19H2,1-2H3,(H,20,21,22). The number of anilines is 4. The van der Waals surface area contributed by atoms with Crippen molar-refractivity contribution in [3.05, 3.63) is 35.7 Å². The van der Waals surface area contributed by atoms with Crippen molar-refractivity contribution in [3.63, 3.8) is 0 Å². The van der Waals surface area contributed by atoms with Crippen molar-refractivity contribution in [2.45, 2.75) is 13.8 Å². The maximum absolute atomic E-state index is 8.89. The van der Waals surface area contributed by atoms with Gasteiger partial charge in [-0.1, -0.05) is 12.1 Å². The van der Waals surface area contributed by atoms with E-state index in [-0.39, 0.29) is 13.1 Å². The Hall–Kier alpha value is -3.32. The number of aryl methyl sites for hydroxylation is 1. The minimum absolute atomic E-state index is 0.0255. The monoisotopic (exact) mass is 307 g/mol. The third-order valence-electron chi connectivity index (χ3n) is 3.54. The van der Waals surface area contributed by atoms with E-state index < -0.39 is 0 Å². The molecule has 0 aliphatic heterocycles. The highest BCUT2D eigenvalue weighted by atomic mass is 15.2. The molecule has 0 radical (unpaired) electrons. The predicted octanol–water partition coefficient (Wildman–Crippen LogP) is 2.27. The molecule has 0 aliphatic rings. The molecule has 23 heavy (non-hydrogen) atoms. The first-order valence-corrected chi connectivity index (χ1v) is 7.01. The van der Waals surface area contributed by atoms with E-state index in [0.717, 1.165) is 16.8 Å². The molecular weight excluding hydrogens is 290 g/mol. The number of nitrogens with one attached hydrogen (secondary N) is 1. The van der Waals surface area contributed by atoms with Gasteiger partial charge in [0.15, 0.2) is 11.6 Å². The maximum Gasteiger partial charge on any atom is 0.159 e. The molecular formula is C16H17N7. The van der Waals surface area contributed by atoms with Crippen molar-refractivity contribution in [1.29, 1.82) is 10.5 Å². The van der Waals surface area contributed by atoms with Gasteiger partial charge >= 0.3 is 0 Å². The summed E-state index contributed by atoms with van der Waals surface area (Å²) in [5.74, 6) is 0.820. The van der Waals surface area contributed by atoms with Crippen molar-refractivity contribution in [1.82, 2.24) is 9.97 Å². The van der Waals surface area contributed by atoms with Crippen LogP contribution in [0.1, 0.15) is 11.1 Å². The number of nitrogens with zero attached hydrogens (tertiary/aromatic N) is 5. The van der Waals surface area contributed by atoms with Crippen LogP contribution in [-0.4, -0.2) is 23.1 Å². The van der Waals surface area contributed by atoms with Crippen molar-refractivity contribution < 1.29 is 0 Å². The summed E-state index contributed by atoms with van der Waals surface area (Å²) in [4.78, 5) is 9.78. The number of hydrogen-bond acceptors (Lipinski definition) is 7. The van der Waals surface area contributed by atoms with Gasteiger partial charge < -0.3 is 16.0 Å². The molecule has 1 aromatic heterocycles. The van der Waals surface area contributed by atoms with E-state index in [0.29, 0.717) is 17.3 Å². The van der Waals surface area contributed by atoms with Gasteiger partial charge in [-0.2, -0.15) is 10.5 Å². The smallest absolute Gasteiger partial charge is 0.159 e.